The van der Waals surface area contributed by atoms with E-state index in [1.54, 1.807) is 12.1 Å². The van der Waals surface area contributed by atoms with Gasteiger partial charge in [0, 0.05) is 5.69 Å². The first-order chi connectivity index (χ1) is 9.29. The Bertz CT molecular complexity index is 636. The number of nitrogens with two attached hydrogens (primary N) is 1. The zero-order valence-corrected chi connectivity index (χ0v) is 11.1. The average Bonchev–Trinajstić information content (AvgIpc) is 2.36. The molecule has 2 nitrogen and oxygen atoms in total. The van der Waals surface area contributed by atoms with E-state index in [2.05, 4.69) is 0 Å². The van der Waals surface area contributed by atoms with Crippen LogP contribution in [0.1, 0.15) is 16.7 Å². The van der Waals surface area contributed by atoms with E-state index < -0.39 is 11.7 Å². The van der Waals surface area contributed by atoms with Crippen molar-refractivity contribution in [2.75, 3.05) is 5.73 Å². The molecule has 0 unspecified atom stereocenters. The first kappa shape index (κ1) is 14.2. The Labute approximate surface area is 115 Å². The lowest BCUT2D eigenvalue weighted by molar-refractivity contribution is -0.137. The van der Waals surface area contributed by atoms with Crippen LogP contribution in [-0.2, 0) is 6.18 Å². The molecule has 20 heavy (non-hydrogen) atoms. The lowest BCUT2D eigenvalue weighted by Gasteiger charge is -2.14. The highest BCUT2D eigenvalue weighted by atomic mass is 19.4. The molecule has 5 heteroatoms. The zero-order valence-electron chi connectivity index (χ0n) is 11.1. The maximum absolute atomic E-state index is 12.8. The molecule has 0 aromatic heterocycles. The number of halogens is 3. The van der Waals surface area contributed by atoms with Crippen molar-refractivity contribution in [3.05, 3.63) is 53.1 Å². The number of hydrogen-bond acceptors (Lipinski definition) is 2. The van der Waals surface area contributed by atoms with Crippen molar-refractivity contribution >= 4 is 5.69 Å². The molecule has 0 radical (unpaired) electrons. The molecule has 0 spiro atoms. The third-order valence-electron chi connectivity index (χ3n) is 3.11. The molecule has 0 heterocycles. The van der Waals surface area contributed by atoms with Crippen LogP contribution in [0, 0.1) is 13.8 Å². The standard InChI is InChI=1S/C15H14F3NO/c1-9-4-3-5-14(10(9)2)20-11-6-7-13(19)12(8-11)15(16,17)18/h3-8H,19H2,1-2H3. The molecule has 106 valence electrons. The van der Waals surface area contributed by atoms with Crippen molar-refractivity contribution in [2.45, 2.75) is 20.0 Å². The molecule has 0 atom stereocenters. The minimum absolute atomic E-state index is 0.111. The first-order valence-corrected chi connectivity index (χ1v) is 6.00. The number of rotatable bonds is 2. The Morgan fingerprint density at radius 3 is 2.40 bits per heavy atom. The van der Waals surface area contributed by atoms with E-state index >= 15 is 0 Å². The van der Waals surface area contributed by atoms with Crippen LogP contribution in [-0.4, -0.2) is 0 Å². The quantitative estimate of drug-likeness (QED) is 0.810. The number of alkyl halides is 3. The van der Waals surface area contributed by atoms with E-state index in [-0.39, 0.29) is 11.4 Å². The minimum atomic E-state index is -4.49. The second kappa shape index (κ2) is 5.07. The molecule has 0 aliphatic rings. The fourth-order valence-electron chi connectivity index (χ4n) is 1.81. The normalized spacial score (nSPS) is 11.4. The van der Waals surface area contributed by atoms with Gasteiger partial charge in [0.15, 0.2) is 0 Å². The Balaban J connectivity index is 2.38. The summed E-state index contributed by atoms with van der Waals surface area (Å²) in [6, 6.07) is 8.95. The monoisotopic (exact) mass is 281 g/mol. The predicted octanol–water partition coefficient (Wildman–Crippen LogP) is 4.70. The molecular weight excluding hydrogens is 267 g/mol. The van der Waals surface area contributed by atoms with Crippen LogP contribution in [0.2, 0.25) is 0 Å². The highest BCUT2D eigenvalue weighted by molar-refractivity contribution is 5.53. The number of ether oxygens (including phenoxy) is 1. The number of anilines is 1. The smallest absolute Gasteiger partial charge is 0.418 e. The predicted molar refractivity (Wildman–Crippen MR) is 71.8 cm³/mol. The number of benzene rings is 2. The van der Waals surface area contributed by atoms with Gasteiger partial charge in [0.05, 0.1) is 5.56 Å². The van der Waals surface area contributed by atoms with Crippen LogP contribution in [0.3, 0.4) is 0 Å². The third-order valence-corrected chi connectivity index (χ3v) is 3.11. The fraction of sp³-hybridized carbons (Fsp3) is 0.200. The molecule has 2 rings (SSSR count). The topological polar surface area (TPSA) is 35.2 Å². The van der Waals surface area contributed by atoms with Crippen molar-refractivity contribution in [1.29, 1.82) is 0 Å². The Morgan fingerprint density at radius 1 is 1.05 bits per heavy atom. The molecule has 0 amide bonds. The maximum Gasteiger partial charge on any atom is 0.418 e. The van der Waals surface area contributed by atoms with Crippen molar-refractivity contribution in [1.82, 2.24) is 0 Å². The molecule has 2 aromatic carbocycles. The average molecular weight is 281 g/mol. The first-order valence-electron chi connectivity index (χ1n) is 6.00. The lowest BCUT2D eigenvalue weighted by Crippen LogP contribution is -2.08. The highest BCUT2D eigenvalue weighted by Crippen LogP contribution is 2.37. The van der Waals surface area contributed by atoms with Gasteiger partial charge in [0.1, 0.15) is 11.5 Å². The van der Waals surface area contributed by atoms with Gasteiger partial charge in [-0.1, -0.05) is 12.1 Å². The van der Waals surface area contributed by atoms with E-state index in [1.807, 2.05) is 19.9 Å². The third kappa shape index (κ3) is 2.87. The molecule has 2 N–H and O–H groups in total. The van der Waals surface area contributed by atoms with E-state index in [1.165, 1.54) is 12.1 Å². The summed E-state index contributed by atoms with van der Waals surface area (Å²) in [5.41, 5.74) is 6.04. The van der Waals surface area contributed by atoms with Gasteiger partial charge in [-0.15, -0.1) is 0 Å². The summed E-state index contributed by atoms with van der Waals surface area (Å²) in [5.74, 6) is 0.642. The Morgan fingerprint density at radius 2 is 1.75 bits per heavy atom. The van der Waals surface area contributed by atoms with Gasteiger partial charge in [0.2, 0.25) is 0 Å². The molecule has 0 saturated heterocycles. The van der Waals surface area contributed by atoms with E-state index in [0.29, 0.717) is 5.75 Å². The largest absolute Gasteiger partial charge is 0.457 e. The van der Waals surface area contributed by atoms with Crippen molar-refractivity contribution in [3.8, 4) is 11.5 Å². The molecular formula is C15H14F3NO. The molecule has 0 fully saturated rings. The van der Waals surface area contributed by atoms with Crippen molar-refractivity contribution < 1.29 is 17.9 Å². The molecule has 0 aliphatic heterocycles. The van der Waals surface area contributed by atoms with Gasteiger partial charge < -0.3 is 10.5 Å². The second-order valence-electron chi connectivity index (χ2n) is 4.55. The Kier molecular flexibility index (Phi) is 3.61. The zero-order chi connectivity index (χ0) is 14.9. The van der Waals surface area contributed by atoms with Gasteiger partial charge >= 0.3 is 6.18 Å². The SMILES string of the molecule is Cc1cccc(Oc2ccc(N)c(C(F)(F)F)c2)c1C. The van der Waals surface area contributed by atoms with Crippen LogP contribution in [0.5, 0.6) is 11.5 Å². The molecule has 0 bridgehead atoms. The van der Waals surface area contributed by atoms with Gasteiger partial charge in [-0.2, -0.15) is 13.2 Å². The van der Waals surface area contributed by atoms with Crippen molar-refractivity contribution in [2.24, 2.45) is 0 Å². The van der Waals surface area contributed by atoms with Gasteiger partial charge in [-0.3, -0.25) is 0 Å². The highest BCUT2D eigenvalue weighted by Gasteiger charge is 2.33. The summed E-state index contributed by atoms with van der Waals surface area (Å²) in [7, 11) is 0. The summed E-state index contributed by atoms with van der Waals surface area (Å²) in [6.45, 7) is 3.76. The van der Waals surface area contributed by atoms with Crippen LogP contribution in [0.25, 0.3) is 0 Å². The summed E-state index contributed by atoms with van der Waals surface area (Å²) >= 11 is 0. The van der Waals surface area contributed by atoms with Crippen LogP contribution in [0.15, 0.2) is 36.4 Å². The van der Waals surface area contributed by atoms with Crippen LogP contribution >= 0.6 is 0 Å². The lowest BCUT2D eigenvalue weighted by atomic mass is 10.1. The van der Waals surface area contributed by atoms with Gasteiger partial charge in [-0.25, -0.2) is 0 Å². The molecule has 2 aromatic rings. The van der Waals surface area contributed by atoms with E-state index in [0.717, 1.165) is 17.2 Å². The summed E-state index contributed by atoms with van der Waals surface area (Å²) < 4.78 is 43.9. The number of hydrogen-bond donors (Lipinski definition) is 1. The molecule has 0 aliphatic carbocycles. The summed E-state index contributed by atoms with van der Waals surface area (Å²) in [5, 5.41) is 0. The minimum Gasteiger partial charge on any atom is -0.457 e. The van der Waals surface area contributed by atoms with Crippen LogP contribution < -0.4 is 10.5 Å². The van der Waals surface area contributed by atoms with Gasteiger partial charge in [-0.05, 0) is 49.2 Å². The second-order valence-corrected chi connectivity index (χ2v) is 4.55. The van der Waals surface area contributed by atoms with Crippen molar-refractivity contribution in [3.63, 3.8) is 0 Å². The van der Waals surface area contributed by atoms with Crippen LogP contribution in [0.4, 0.5) is 18.9 Å². The number of nitrogen functional groups attached to an aromatic ring is 1. The molecule has 0 saturated carbocycles. The maximum atomic E-state index is 12.8. The summed E-state index contributed by atoms with van der Waals surface area (Å²) in [6.07, 6.45) is -4.49. The van der Waals surface area contributed by atoms with E-state index in [4.69, 9.17) is 10.5 Å². The van der Waals surface area contributed by atoms with Gasteiger partial charge in [0.25, 0.3) is 0 Å². The van der Waals surface area contributed by atoms with E-state index in [9.17, 15) is 13.2 Å². The summed E-state index contributed by atoms with van der Waals surface area (Å²) in [4.78, 5) is 0. The Hall–Kier alpha value is -2.17. The number of aryl methyl sites for hydroxylation is 1. The fourth-order valence-corrected chi connectivity index (χ4v) is 1.81.